The molecule has 0 bridgehead atoms. The van der Waals surface area contributed by atoms with Gasteiger partial charge in [0.1, 0.15) is 5.75 Å². The molecule has 27 heavy (non-hydrogen) atoms. The summed E-state index contributed by atoms with van der Waals surface area (Å²) in [5.74, 6) is -0.627. The maximum atomic E-state index is 10.6. The van der Waals surface area contributed by atoms with Crippen molar-refractivity contribution in [1.29, 1.82) is 0 Å². The molecular weight excluding hydrogens is 346 g/mol. The first kappa shape index (κ1) is 19.1. The highest BCUT2D eigenvalue weighted by atomic mass is 16.7. The van der Waals surface area contributed by atoms with E-state index < -0.39 is 12.3 Å². The fourth-order valence-corrected chi connectivity index (χ4v) is 3.10. The van der Waals surface area contributed by atoms with Crippen LogP contribution in [0.25, 0.3) is 0 Å². The van der Waals surface area contributed by atoms with Crippen molar-refractivity contribution < 1.29 is 24.5 Å². The number of nitrogens with zero attached hydrogens (tertiary/aromatic N) is 1. The van der Waals surface area contributed by atoms with Crippen LogP contribution in [0.1, 0.15) is 42.9 Å². The number of carboxylic acids is 1. The van der Waals surface area contributed by atoms with Crippen LogP contribution in [-0.4, -0.2) is 27.8 Å². The largest absolute Gasteiger partial charge is 0.508 e. The van der Waals surface area contributed by atoms with Crippen LogP contribution in [0.2, 0.25) is 0 Å². The van der Waals surface area contributed by atoms with Crippen molar-refractivity contribution >= 4 is 5.97 Å². The lowest BCUT2D eigenvalue weighted by atomic mass is 9.91. The number of aromatic nitrogens is 1. The fraction of sp³-hybridized carbons (Fsp3) is 0.333. The van der Waals surface area contributed by atoms with E-state index in [0.717, 1.165) is 0 Å². The van der Waals surface area contributed by atoms with Gasteiger partial charge in [0.05, 0.1) is 18.4 Å². The van der Waals surface area contributed by atoms with Gasteiger partial charge < -0.3 is 19.7 Å². The molecule has 142 valence electrons. The number of ether oxygens (including phenoxy) is 2. The van der Waals surface area contributed by atoms with Gasteiger partial charge in [0.2, 0.25) is 6.29 Å². The summed E-state index contributed by atoms with van der Waals surface area (Å²) in [6.45, 7) is 0.448. The molecule has 0 spiro atoms. The zero-order chi connectivity index (χ0) is 19.1. The number of hydrogen-bond acceptors (Lipinski definition) is 5. The Bertz CT molecular complexity index is 777. The van der Waals surface area contributed by atoms with E-state index in [2.05, 4.69) is 4.98 Å². The van der Waals surface area contributed by atoms with Gasteiger partial charge in [-0.05, 0) is 31.0 Å². The van der Waals surface area contributed by atoms with Crippen LogP contribution >= 0.6 is 0 Å². The van der Waals surface area contributed by atoms with E-state index >= 15 is 0 Å². The second kappa shape index (κ2) is 9.30. The Morgan fingerprint density at radius 3 is 2.74 bits per heavy atom. The predicted octanol–water partition coefficient (Wildman–Crippen LogP) is 4.00. The predicted molar refractivity (Wildman–Crippen MR) is 99.0 cm³/mol. The maximum absolute atomic E-state index is 10.6. The second-order valence-corrected chi connectivity index (χ2v) is 6.43. The van der Waals surface area contributed by atoms with Crippen molar-refractivity contribution in [2.24, 2.45) is 5.92 Å². The van der Waals surface area contributed by atoms with Crippen molar-refractivity contribution in [1.82, 2.24) is 4.98 Å². The number of aromatic hydroxyl groups is 1. The molecule has 0 unspecified atom stereocenters. The zero-order valence-corrected chi connectivity index (χ0v) is 14.9. The zero-order valence-electron chi connectivity index (χ0n) is 14.9. The van der Waals surface area contributed by atoms with Crippen molar-refractivity contribution in [2.45, 2.75) is 31.7 Å². The van der Waals surface area contributed by atoms with Gasteiger partial charge >= 0.3 is 5.97 Å². The lowest BCUT2D eigenvalue weighted by molar-refractivity contribution is -0.245. The van der Waals surface area contributed by atoms with E-state index in [4.69, 9.17) is 14.6 Å². The Morgan fingerprint density at radius 2 is 2.00 bits per heavy atom. The number of carboxylic acid groups (broad SMARTS) is 1. The smallest absolute Gasteiger partial charge is 0.303 e. The molecule has 1 aromatic heterocycles. The van der Waals surface area contributed by atoms with Gasteiger partial charge in [-0.2, -0.15) is 0 Å². The van der Waals surface area contributed by atoms with Crippen molar-refractivity contribution in [2.75, 3.05) is 6.61 Å². The first-order valence-corrected chi connectivity index (χ1v) is 8.98. The summed E-state index contributed by atoms with van der Waals surface area (Å²) in [4.78, 5) is 14.9. The number of hydrogen-bond donors (Lipinski definition) is 2. The molecule has 2 heterocycles. The highest BCUT2D eigenvalue weighted by Crippen LogP contribution is 2.42. The third kappa shape index (κ3) is 5.15. The molecule has 6 nitrogen and oxygen atoms in total. The number of benzene rings is 1. The Balaban J connectivity index is 1.74. The fourth-order valence-electron chi connectivity index (χ4n) is 3.10. The second-order valence-electron chi connectivity index (χ2n) is 6.43. The molecular formula is C21H23NO5. The topological polar surface area (TPSA) is 88.9 Å². The van der Waals surface area contributed by atoms with Crippen LogP contribution in [0.5, 0.6) is 5.75 Å². The van der Waals surface area contributed by atoms with Gasteiger partial charge in [-0.15, -0.1) is 0 Å². The van der Waals surface area contributed by atoms with E-state index in [9.17, 15) is 9.90 Å². The summed E-state index contributed by atoms with van der Waals surface area (Å²) >= 11 is 0. The number of para-hydroxylation sites is 1. The van der Waals surface area contributed by atoms with E-state index in [1.54, 1.807) is 18.3 Å². The molecule has 2 aromatic rings. The van der Waals surface area contributed by atoms with Crippen LogP contribution in [0.3, 0.4) is 0 Å². The summed E-state index contributed by atoms with van der Waals surface area (Å²) in [6.07, 6.45) is 5.82. The van der Waals surface area contributed by atoms with Gasteiger partial charge in [-0.25, -0.2) is 0 Å². The molecule has 3 rings (SSSR count). The Morgan fingerprint density at radius 1 is 1.19 bits per heavy atom. The van der Waals surface area contributed by atoms with E-state index in [1.807, 2.05) is 42.5 Å². The molecule has 0 saturated carbocycles. The van der Waals surface area contributed by atoms with Crippen molar-refractivity contribution in [3.05, 3.63) is 72.1 Å². The SMILES string of the molecule is O=C(O)CC/C=C\C[C@@H]1CO[C@H](c2ccccn2)O[C@@H]1c1ccccc1O. The van der Waals surface area contributed by atoms with E-state index in [1.165, 1.54) is 0 Å². The number of pyridine rings is 1. The normalized spacial score (nSPS) is 22.7. The summed E-state index contributed by atoms with van der Waals surface area (Å²) < 4.78 is 12.0. The summed E-state index contributed by atoms with van der Waals surface area (Å²) in [5.41, 5.74) is 1.40. The lowest BCUT2D eigenvalue weighted by Crippen LogP contribution is -2.30. The highest BCUT2D eigenvalue weighted by Gasteiger charge is 2.35. The number of phenolic OH excluding ortho intramolecular Hbond substituents is 1. The number of phenols is 1. The van der Waals surface area contributed by atoms with E-state index in [0.29, 0.717) is 30.7 Å². The van der Waals surface area contributed by atoms with Gasteiger partial charge in [0, 0.05) is 24.1 Å². The van der Waals surface area contributed by atoms with Crippen molar-refractivity contribution in [3.8, 4) is 5.75 Å². The summed E-state index contributed by atoms with van der Waals surface area (Å²) in [6, 6.07) is 12.7. The molecule has 1 saturated heterocycles. The maximum Gasteiger partial charge on any atom is 0.303 e. The van der Waals surface area contributed by atoms with Crippen LogP contribution in [-0.2, 0) is 14.3 Å². The number of carbonyl (C=O) groups is 1. The van der Waals surface area contributed by atoms with Gasteiger partial charge in [0.15, 0.2) is 0 Å². The van der Waals surface area contributed by atoms with Crippen LogP contribution in [0, 0.1) is 5.92 Å². The standard InChI is InChI=1S/C21H23NO5/c23-18-11-5-4-9-16(18)20-15(8-2-1-3-12-19(24)25)14-26-21(27-20)17-10-6-7-13-22-17/h1-2,4-7,9-11,13,15,20-21,23H,3,8,12,14H2,(H,24,25)/b2-1-/t15-,20+,21+/m1/s1. The summed E-state index contributed by atoms with van der Waals surface area (Å²) in [5, 5.41) is 19.0. The lowest BCUT2D eigenvalue weighted by Gasteiger charge is -2.36. The average Bonchev–Trinajstić information content (AvgIpc) is 2.69. The van der Waals surface area contributed by atoms with E-state index in [-0.39, 0.29) is 24.2 Å². The number of rotatable bonds is 7. The molecule has 0 radical (unpaired) electrons. The Kier molecular flexibility index (Phi) is 6.57. The first-order valence-electron chi connectivity index (χ1n) is 8.98. The molecule has 1 aliphatic heterocycles. The third-order valence-electron chi connectivity index (χ3n) is 4.46. The molecule has 1 aromatic carbocycles. The van der Waals surface area contributed by atoms with Crippen LogP contribution < -0.4 is 0 Å². The minimum absolute atomic E-state index is 0.000611. The van der Waals surface area contributed by atoms with Gasteiger partial charge in [-0.3, -0.25) is 9.78 Å². The van der Waals surface area contributed by atoms with Crippen LogP contribution in [0.15, 0.2) is 60.8 Å². The van der Waals surface area contributed by atoms with Gasteiger partial charge in [-0.1, -0.05) is 36.4 Å². The highest BCUT2D eigenvalue weighted by molar-refractivity contribution is 5.66. The van der Waals surface area contributed by atoms with Crippen molar-refractivity contribution in [3.63, 3.8) is 0 Å². The molecule has 6 heteroatoms. The quantitative estimate of drug-likeness (QED) is 0.717. The number of aliphatic carboxylic acids is 1. The number of allylic oxidation sites excluding steroid dienone is 2. The molecule has 1 aliphatic rings. The average molecular weight is 369 g/mol. The molecule has 3 atom stereocenters. The van der Waals surface area contributed by atoms with Gasteiger partial charge in [0.25, 0.3) is 0 Å². The summed E-state index contributed by atoms with van der Waals surface area (Å²) in [7, 11) is 0. The van der Waals surface area contributed by atoms with Crippen LogP contribution in [0.4, 0.5) is 0 Å². The third-order valence-corrected chi connectivity index (χ3v) is 4.46. The monoisotopic (exact) mass is 369 g/mol. The minimum atomic E-state index is -0.811. The molecule has 2 N–H and O–H groups in total. The first-order chi connectivity index (χ1) is 13.1. The minimum Gasteiger partial charge on any atom is -0.508 e. The molecule has 1 fully saturated rings. The Labute approximate surface area is 158 Å². The molecule has 0 amide bonds. The molecule has 0 aliphatic carbocycles. The Hall–Kier alpha value is -2.70.